The van der Waals surface area contributed by atoms with Crippen LogP contribution in [0.15, 0.2) is 23.1 Å². The number of para-hydroxylation sites is 1. The molecule has 1 saturated heterocycles. The second-order valence-electron chi connectivity index (χ2n) is 5.30. The van der Waals surface area contributed by atoms with E-state index < -0.39 is 20.6 Å². The zero-order valence-electron chi connectivity index (χ0n) is 11.5. The maximum atomic E-state index is 11.9. The molecular formula is C13H16N2O3S3. The van der Waals surface area contributed by atoms with Crippen molar-refractivity contribution in [3.63, 3.8) is 0 Å². The Morgan fingerprint density at radius 1 is 1.33 bits per heavy atom. The number of benzene rings is 1. The smallest absolute Gasteiger partial charge is 0.178 e. The first-order valence-corrected chi connectivity index (χ1v) is 10.4. The van der Waals surface area contributed by atoms with E-state index in [-0.39, 0.29) is 10.9 Å². The second kappa shape index (κ2) is 5.33. The Bertz CT molecular complexity index is 870. The maximum absolute atomic E-state index is 11.9. The molecule has 3 rings (SSSR count). The van der Waals surface area contributed by atoms with Crippen LogP contribution in [0.25, 0.3) is 11.0 Å². The molecule has 0 radical (unpaired) electrons. The number of hydrogen-bond acceptors (Lipinski definition) is 4. The molecule has 0 spiro atoms. The fourth-order valence-electron chi connectivity index (χ4n) is 2.83. The summed E-state index contributed by atoms with van der Waals surface area (Å²) in [5, 5.41) is 0. The van der Waals surface area contributed by atoms with Crippen molar-refractivity contribution < 1.29 is 12.6 Å². The number of fused-ring (bicyclic) bond motifs is 1. The summed E-state index contributed by atoms with van der Waals surface area (Å²) in [4.78, 5) is 3.30. The minimum absolute atomic E-state index is 0.179. The van der Waals surface area contributed by atoms with E-state index in [9.17, 15) is 12.6 Å². The van der Waals surface area contributed by atoms with Crippen molar-refractivity contribution in [2.24, 2.45) is 0 Å². The Labute approximate surface area is 130 Å². The SMILES string of the molecule is CS(=O)(=O)c1cccc2c1[nH]c(=S)n2C1CCS(=O)CC1. The molecule has 1 N–H and O–H groups in total. The number of rotatable bonds is 2. The highest BCUT2D eigenvalue weighted by molar-refractivity contribution is 7.91. The lowest BCUT2D eigenvalue weighted by atomic mass is 10.1. The summed E-state index contributed by atoms with van der Waals surface area (Å²) in [5.74, 6) is 1.34. The van der Waals surface area contributed by atoms with Gasteiger partial charge in [0, 0.05) is 34.6 Å². The third kappa shape index (κ3) is 2.72. The van der Waals surface area contributed by atoms with Crippen molar-refractivity contribution in [2.45, 2.75) is 23.8 Å². The monoisotopic (exact) mass is 344 g/mol. The third-order valence-electron chi connectivity index (χ3n) is 3.84. The van der Waals surface area contributed by atoms with Gasteiger partial charge in [0.2, 0.25) is 0 Å². The van der Waals surface area contributed by atoms with Gasteiger partial charge >= 0.3 is 0 Å². The molecule has 1 aromatic carbocycles. The standard InChI is InChI=1S/C13H16N2O3S3/c1-21(17,18)11-4-2-3-10-12(11)14-13(19)15(10)9-5-7-20(16)8-6-9/h2-4,9H,5-8H2,1H3,(H,14,19). The lowest BCUT2D eigenvalue weighted by Crippen LogP contribution is -2.21. The lowest BCUT2D eigenvalue weighted by molar-refractivity contribution is 0.468. The van der Waals surface area contributed by atoms with E-state index in [4.69, 9.17) is 12.2 Å². The van der Waals surface area contributed by atoms with Crippen LogP contribution in [-0.4, -0.2) is 39.9 Å². The number of aromatic amines is 1. The summed E-state index contributed by atoms with van der Waals surface area (Å²) < 4.78 is 37.8. The molecule has 0 saturated carbocycles. The number of sulfone groups is 1. The van der Waals surface area contributed by atoms with Crippen LogP contribution in [0.2, 0.25) is 0 Å². The van der Waals surface area contributed by atoms with E-state index in [0.717, 1.165) is 18.4 Å². The van der Waals surface area contributed by atoms with Gasteiger partial charge in [-0.25, -0.2) is 8.42 Å². The zero-order chi connectivity index (χ0) is 15.2. The largest absolute Gasteiger partial charge is 0.329 e. The molecule has 2 aromatic rings. The summed E-state index contributed by atoms with van der Waals surface area (Å²) in [7, 11) is -4.05. The molecule has 1 aliphatic rings. The van der Waals surface area contributed by atoms with Crippen LogP contribution in [0.5, 0.6) is 0 Å². The number of aromatic nitrogens is 2. The molecular weight excluding hydrogens is 328 g/mol. The van der Waals surface area contributed by atoms with Crippen molar-refractivity contribution in [3.05, 3.63) is 23.0 Å². The van der Waals surface area contributed by atoms with Gasteiger partial charge in [-0.2, -0.15) is 0 Å². The number of nitrogens with zero attached hydrogens (tertiary/aromatic N) is 1. The molecule has 8 heteroatoms. The van der Waals surface area contributed by atoms with Crippen molar-refractivity contribution in [1.29, 1.82) is 0 Å². The molecule has 5 nitrogen and oxygen atoms in total. The average molecular weight is 344 g/mol. The van der Waals surface area contributed by atoms with Crippen LogP contribution in [0.4, 0.5) is 0 Å². The Hall–Kier alpha value is -0.990. The summed E-state index contributed by atoms with van der Waals surface area (Å²) in [6, 6.07) is 5.38. The molecule has 0 amide bonds. The van der Waals surface area contributed by atoms with Gasteiger partial charge < -0.3 is 9.55 Å². The molecule has 0 atom stereocenters. The van der Waals surface area contributed by atoms with Gasteiger partial charge in [0.1, 0.15) is 0 Å². The predicted octanol–water partition coefficient (Wildman–Crippen LogP) is 2.19. The molecule has 1 aromatic heterocycles. The van der Waals surface area contributed by atoms with Crippen LogP contribution in [0.3, 0.4) is 0 Å². The van der Waals surface area contributed by atoms with E-state index in [1.807, 2.05) is 10.6 Å². The summed E-state index contributed by atoms with van der Waals surface area (Å²) in [5.41, 5.74) is 1.37. The highest BCUT2D eigenvalue weighted by Gasteiger charge is 2.23. The number of imidazole rings is 1. The minimum Gasteiger partial charge on any atom is -0.329 e. The van der Waals surface area contributed by atoms with Gasteiger partial charge in [0.25, 0.3) is 0 Å². The number of hydrogen-bond donors (Lipinski definition) is 1. The summed E-state index contributed by atoms with van der Waals surface area (Å²) >= 11 is 5.38. The molecule has 0 unspecified atom stereocenters. The zero-order valence-corrected chi connectivity index (χ0v) is 14.0. The van der Waals surface area contributed by atoms with E-state index >= 15 is 0 Å². The van der Waals surface area contributed by atoms with Crippen molar-refractivity contribution >= 4 is 43.9 Å². The fraction of sp³-hybridized carbons (Fsp3) is 0.462. The quantitative estimate of drug-likeness (QED) is 0.848. The van der Waals surface area contributed by atoms with Gasteiger partial charge in [-0.05, 0) is 37.2 Å². The minimum atomic E-state index is -3.31. The van der Waals surface area contributed by atoms with Crippen molar-refractivity contribution in [1.82, 2.24) is 9.55 Å². The molecule has 114 valence electrons. The van der Waals surface area contributed by atoms with Crippen LogP contribution in [0.1, 0.15) is 18.9 Å². The maximum Gasteiger partial charge on any atom is 0.178 e. The van der Waals surface area contributed by atoms with Crippen LogP contribution in [0, 0.1) is 4.77 Å². The van der Waals surface area contributed by atoms with E-state index in [0.29, 0.717) is 21.8 Å². The normalized spacial score (nSPS) is 23.5. The highest BCUT2D eigenvalue weighted by atomic mass is 32.2. The van der Waals surface area contributed by atoms with Crippen LogP contribution in [-0.2, 0) is 20.6 Å². The number of nitrogens with one attached hydrogen (secondary N) is 1. The van der Waals surface area contributed by atoms with Gasteiger partial charge in [-0.15, -0.1) is 0 Å². The van der Waals surface area contributed by atoms with Gasteiger partial charge in [0.05, 0.1) is 15.9 Å². The third-order valence-corrected chi connectivity index (χ3v) is 6.66. The first-order chi connectivity index (χ1) is 9.88. The fourth-order valence-corrected chi connectivity index (χ4v) is 5.31. The molecule has 2 heterocycles. The average Bonchev–Trinajstić information content (AvgIpc) is 2.74. The molecule has 1 aliphatic heterocycles. The van der Waals surface area contributed by atoms with Crippen LogP contribution < -0.4 is 0 Å². The van der Waals surface area contributed by atoms with Crippen LogP contribution >= 0.6 is 12.2 Å². The molecule has 21 heavy (non-hydrogen) atoms. The van der Waals surface area contributed by atoms with Gasteiger partial charge in [-0.3, -0.25) is 4.21 Å². The Morgan fingerprint density at radius 2 is 2.00 bits per heavy atom. The predicted molar refractivity (Wildman–Crippen MR) is 86.4 cm³/mol. The van der Waals surface area contributed by atoms with Gasteiger partial charge in [-0.1, -0.05) is 6.07 Å². The second-order valence-corrected chi connectivity index (χ2v) is 9.37. The molecule has 0 bridgehead atoms. The highest BCUT2D eigenvalue weighted by Crippen LogP contribution is 2.30. The Kier molecular flexibility index (Phi) is 3.79. The van der Waals surface area contributed by atoms with E-state index in [1.165, 1.54) is 6.26 Å². The number of H-pyrrole nitrogens is 1. The Balaban J connectivity index is 2.19. The van der Waals surface area contributed by atoms with E-state index in [2.05, 4.69) is 4.98 Å². The van der Waals surface area contributed by atoms with E-state index in [1.54, 1.807) is 12.1 Å². The molecule has 1 fully saturated rings. The Morgan fingerprint density at radius 3 is 2.62 bits per heavy atom. The topological polar surface area (TPSA) is 71.9 Å². The lowest BCUT2D eigenvalue weighted by Gasteiger charge is -2.23. The molecule has 0 aliphatic carbocycles. The summed E-state index contributed by atoms with van der Waals surface area (Å²) in [6.07, 6.45) is 2.80. The summed E-state index contributed by atoms with van der Waals surface area (Å²) in [6.45, 7) is 0. The van der Waals surface area contributed by atoms with Gasteiger partial charge in [0.15, 0.2) is 14.6 Å². The first-order valence-electron chi connectivity index (χ1n) is 6.66. The first kappa shape index (κ1) is 14.9. The van der Waals surface area contributed by atoms with Crippen molar-refractivity contribution in [2.75, 3.05) is 17.8 Å². The van der Waals surface area contributed by atoms with Crippen molar-refractivity contribution in [3.8, 4) is 0 Å².